The van der Waals surface area contributed by atoms with Crippen molar-refractivity contribution in [2.45, 2.75) is 113 Å². The van der Waals surface area contributed by atoms with Gasteiger partial charge in [-0.1, -0.05) is 193 Å². The molecule has 0 radical (unpaired) electrons. The quantitative estimate of drug-likeness (QED) is 0.124. The summed E-state index contributed by atoms with van der Waals surface area (Å²) in [6.07, 6.45) is -11.7. The molecule has 10 atom stereocenters. The standard InChI is InChI=1S/C51H62O11Si2/c1-49(2,3)63(36-24-14-8-15-25-36,37-26-16-9-17-27-37)57-33-40-42(52)46(55)51(61-40,34-58-64(50(4,5)6,38-28-18-10-19-29-38)39-30-20-11-21-31-39)62-48-44(54)43(53)45-41(59-48)32-56-47(60-45)35-22-12-7-13-23-35/h7-31,40-48,52-55H,32-34H2,1-6H3/t40-,41-,42-,43-,44-,45-,46+,47-,48-,51+/m1/s1. The third kappa shape index (κ3) is 8.63. The lowest BCUT2D eigenvalue weighted by Crippen LogP contribution is -2.69. The molecule has 8 rings (SSSR count). The van der Waals surface area contributed by atoms with Crippen molar-refractivity contribution >= 4 is 37.4 Å². The van der Waals surface area contributed by atoms with Gasteiger partial charge in [-0.2, -0.15) is 0 Å². The predicted molar refractivity (Wildman–Crippen MR) is 249 cm³/mol. The van der Waals surface area contributed by atoms with Crippen molar-refractivity contribution in [3.05, 3.63) is 157 Å². The SMILES string of the molecule is CC(C)(C)[Si](OC[C@H]1O[C@@](CO[Si](c2ccccc2)(c2ccccc2)C(C)(C)C)(O[C@H]2O[C@@H]3CO[C@@H](c4ccccc4)O[C@H]3[C@H](O)[C@H]2O)[C@@H](O)[C@@H]1O)(c1ccccc1)c1ccccc1. The van der Waals surface area contributed by atoms with E-state index in [1.807, 2.05) is 103 Å². The van der Waals surface area contributed by atoms with Gasteiger partial charge in [-0.15, -0.1) is 0 Å². The van der Waals surface area contributed by atoms with Gasteiger partial charge in [-0.05, 0) is 30.8 Å². The van der Waals surface area contributed by atoms with Crippen molar-refractivity contribution in [3.63, 3.8) is 0 Å². The van der Waals surface area contributed by atoms with Crippen LogP contribution in [0.3, 0.4) is 0 Å². The number of aliphatic hydroxyl groups excluding tert-OH is 4. The first-order chi connectivity index (χ1) is 30.6. The molecule has 0 aliphatic carbocycles. The monoisotopic (exact) mass is 906 g/mol. The average Bonchev–Trinajstić information content (AvgIpc) is 3.53. The van der Waals surface area contributed by atoms with E-state index in [2.05, 4.69) is 90.1 Å². The highest BCUT2D eigenvalue weighted by atomic mass is 28.4. The van der Waals surface area contributed by atoms with E-state index in [9.17, 15) is 20.4 Å². The van der Waals surface area contributed by atoms with E-state index in [4.69, 9.17) is 32.5 Å². The zero-order chi connectivity index (χ0) is 45.3. The molecule has 11 nitrogen and oxygen atoms in total. The second-order valence-corrected chi connectivity index (χ2v) is 27.8. The van der Waals surface area contributed by atoms with Crippen LogP contribution in [-0.2, 0) is 32.5 Å². The van der Waals surface area contributed by atoms with Gasteiger partial charge in [0.1, 0.15) is 42.7 Å². The van der Waals surface area contributed by atoms with Gasteiger partial charge in [0.25, 0.3) is 16.6 Å². The first-order valence-corrected chi connectivity index (χ1v) is 26.0. The molecular weight excluding hydrogens is 845 g/mol. The molecule has 3 saturated heterocycles. The minimum absolute atomic E-state index is 0.0143. The van der Waals surface area contributed by atoms with Gasteiger partial charge < -0.3 is 53.0 Å². The van der Waals surface area contributed by atoms with Crippen LogP contribution in [0.1, 0.15) is 53.4 Å². The Morgan fingerprint density at radius 2 is 1.00 bits per heavy atom. The Labute approximate surface area is 378 Å². The predicted octanol–water partition coefficient (Wildman–Crippen LogP) is 4.53. The van der Waals surface area contributed by atoms with Crippen LogP contribution in [0, 0.1) is 0 Å². The van der Waals surface area contributed by atoms with Crippen molar-refractivity contribution in [2.24, 2.45) is 0 Å². The Kier molecular flexibility index (Phi) is 13.7. The molecule has 13 heteroatoms. The van der Waals surface area contributed by atoms with Gasteiger partial charge in [-0.3, -0.25) is 0 Å². The highest BCUT2D eigenvalue weighted by Crippen LogP contribution is 2.44. The Morgan fingerprint density at radius 3 is 1.45 bits per heavy atom. The van der Waals surface area contributed by atoms with E-state index in [0.29, 0.717) is 0 Å². The lowest BCUT2D eigenvalue weighted by molar-refractivity contribution is -0.405. The van der Waals surface area contributed by atoms with Crippen LogP contribution < -0.4 is 20.7 Å². The molecule has 0 amide bonds. The summed E-state index contributed by atoms with van der Waals surface area (Å²) >= 11 is 0. The molecule has 0 bridgehead atoms. The normalized spacial score (nSPS) is 29.0. The van der Waals surface area contributed by atoms with Crippen LogP contribution in [-0.4, -0.2) is 112 Å². The molecule has 3 aliphatic rings. The molecule has 0 saturated carbocycles. The first-order valence-electron chi connectivity index (χ1n) is 22.2. The van der Waals surface area contributed by atoms with Gasteiger partial charge >= 0.3 is 0 Å². The smallest absolute Gasteiger partial charge is 0.261 e. The zero-order valence-electron chi connectivity index (χ0n) is 37.4. The Hall–Kier alpha value is -3.91. The number of rotatable bonds is 13. The molecule has 3 fully saturated rings. The molecule has 0 aromatic heterocycles. The topological polar surface area (TPSA) is 146 Å². The lowest BCUT2D eigenvalue weighted by atomic mass is 9.97. The maximum absolute atomic E-state index is 12.5. The molecule has 340 valence electrons. The minimum atomic E-state index is -3.33. The minimum Gasteiger partial charge on any atom is -0.405 e. The van der Waals surface area contributed by atoms with E-state index < -0.39 is 94.4 Å². The maximum atomic E-state index is 12.5. The molecule has 3 heterocycles. The molecule has 4 N–H and O–H groups in total. The summed E-state index contributed by atoms with van der Waals surface area (Å²) in [6.45, 7) is 12.4. The van der Waals surface area contributed by atoms with Crippen LogP contribution in [0.2, 0.25) is 10.1 Å². The summed E-state index contributed by atoms with van der Waals surface area (Å²) in [4.78, 5) is 0. The van der Waals surface area contributed by atoms with E-state index in [1.54, 1.807) is 0 Å². The molecule has 5 aromatic rings. The van der Waals surface area contributed by atoms with E-state index >= 15 is 0 Å². The number of aliphatic hydroxyl groups is 4. The summed E-state index contributed by atoms with van der Waals surface area (Å²) in [5.41, 5.74) is 0.753. The van der Waals surface area contributed by atoms with Crippen LogP contribution >= 0.6 is 0 Å². The number of ether oxygens (including phenoxy) is 5. The molecule has 0 spiro atoms. The van der Waals surface area contributed by atoms with Gasteiger partial charge in [0.2, 0.25) is 5.79 Å². The number of hydrogen-bond donors (Lipinski definition) is 4. The summed E-state index contributed by atoms with van der Waals surface area (Å²) < 4.78 is 46.8. The van der Waals surface area contributed by atoms with E-state index in [-0.39, 0.29) is 13.2 Å². The van der Waals surface area contributed by atoms with Crippen LogP contribution in [0.4, 0.5) is 0 Å². The highest BCUT2D eigenvalue weighted by Gasteiger charge is 2.62. The fraction of sp³-hybridized carbons (Fsp3) is 0.412. The van der Waals surface area contributed by atoms with E-state index in [1.165, 1.54) is 0 Å². The van der Waals surface area contributed by atoms with Crippen LogP contribution in [0.15, 0.2) is 152 Å². The second kappa shape index (κ2) is 18.8. The Balaban J connectivity index is 1.16. The Morgan fingerprint density at radius 1 is 0.562 bits per heavy atom. The summed E-state index contributed by atoms with van der Waals surface area (Å²) in [5.74, 6) is -2.15. The largest absolute Gasteiger partial charge is 0.405 e. The van der Waals surface area contributed by atoms with Gasteiger partial charge in [0.05, 0.1) is 19.8 Å². The van der Waals surface area contributed by atoms with Gasteiger partial charge in [-0.25, -0.2) is 0 Å². The van der Waals surface area contributed by atoms with Crippen molar-refractivity contribution in [1.29, 1.82) is 0 Å². The second-order valence-electron chi connectivity index (χ2n) is 19.1. The maximum Gasteiger partial charge on any atom is 0.261 e. The summed E-state index contributed by atoms with van der Waals surface area (Å²) in [5, 5.41) is 51.3. The first kappa shape index (κ1) is 46.6. The van der Waals surface area contributed by atoms with Crippen molar-refractivity contribution in [1.82, 2.24) is 0 Å². The Bertz CT molecular complexity index is 2160. The van der Waals surface area contributed by atoms with Crippen molar-refractivity contribution in [3.8, 4) is 0 Å². The molecule has 5 aromatic carbocycles. The third-order valence-corrected chi connectivity index (χ3v) is 23.0. The number of benzene rings is 5. The third-order valence-electron chi connectivity index (χ3n) is 13.0. The molecule has 3 aliphatic heterocycles. The molecular formula is C51H62O11Si2. The summed E-state index contributed by atoms with van der Waals surface area (Å²) in [7, 11) is -6.49. The average molecular weight is 907 g/mol. The van der Waals surface area contributed by atoms with Crippen molar-refractivity contribution in [2.75, 3.05) is 19.8 Å². The van der Waals surface area contributed by atoms with Crippen LogP contribution in [0.5, 0.6) is 0 Å². The number of fused-ring (bicyclic) bond motifs is 1. The van der Waals surface area contributed by atoms with Crippen molar-refractivity contribution < 1.29 is 53.0 Å². The van der Waals surface area contributed by atoms with Crippen LogP contribution in [0.25, 0.3) is 0 Å². The fourth-order valence-corrected chi connectivity index (χ4v) is 19.0. The van der Waals surface area contributed by atoms with Gasteiger partial charge in [0.15, 0.2) is 12.6 Å². The molecule has 64 heavy (non-hydrogen) atoms. The van der Waals surface area contributed by atoms with E-state index in [0.717, 1.165) is 26.3 Å². The highest BCUT2D eigenvalue weighted by molar-refractivity contribution is 7.00. The zero-order valence-corrected chi connectivity index (χ0v) is 39.4. The fourth-order valence-electron chi connectivity index (χ4n) is 9.83. The lowest BCUT2D eigenvalue weighted by Gasteiger charge is -2.49. The van der Waals surface area contributed by atoms with Gasteiger partial charge in [0, 0.05) is 5.56 Å². The summed E-state index contributed by atoms with van der Waals surface area (Å²) in [6, 6.07) is 49.6. The molecule has 0 unspecified atom stereocenters. The number of hydrogen-bond acceptors (Lipinski definition) is 11.